The van der Waals surface area contributed by atoms with E-state index in [1.807, 2.05) is 35.9 Å². The first kappa shape index (κ1) is 21.1. The number of ether oxygens (including phenoxy) is 3. The highest BCUT2D eigenvalue weighted by molar-refractivity contribution is 7.92. The molecule has 3 heterocycles. The van der Waals surface area contributed by atoms with Crippen LogP contribution in [0.5, 0.6) is 17.2 Å². The average molecular weight is 466 g/mol. The van der Waals surface area contributed by atoms with Gasteiger partial charge in [-0.3, -0.25) is 4.31 Å². The molecule has 0 spiro atoms. The smallest absolute Gasteiger partial charge is 0.264 e. The van der Waals surface area contributed by atoms with Gasteiger partial charge in [-0.2, -0.15) is 0 Å². The van der Waals surface area contributed by atoms with Gasteiger partial charge in [-0.15, -0.1) is 0 Å². The lowest BCUT2D eigenvalue weighted by atomic mass is 10.3. The summed E-state index contributed by atoms with van der Waals surface area (Å²) in [5, 5.41) is 0. The minimum atomic E-state index is -3.94. The number of pyridine rings is 1. The molecule has 0 aliphatic carbocycles. The lowest BCUT2D eigenvalue weighted by Gasteiger charge is -2.25. The van der Waals surface area contributed by atoms with Gasteiger partial charge in [0.2, 0.25) is 0 Å². The van der Waals surface area contributed by atoms with Crippen LogP contribution in [0.1, 0.15) is 11.3 Å². The first-order valence-electron chi connectivity index (χ1n) is 10.4. The highest BCUT2D eigenvalue weighted by Gasteiger charge is 2.28. The Balaban J connectivity index is 1.57. The van der Waals surface area contributed by atoms with Crippen molar-refractivity contribution in [1.82, 2.24) is 9.38 Å². The third kappa shape index (κ3) is 4.07. The molecule has 5 rings (SSSR count). The number of rotatable bonds is 6. The second kappa shape index (κ2) is 8.32. The van der Waals surface area contributed by atoms with Crippen LogP contribution < -0.4 is 18.5 Å². The second-order valence-electron chi connectivity index (χ2n) is 7.72. The average Bonchev–Trinajstić information content (AvgIpc) is 3.24. The van der Waals surface area contributed by atoms with Crippen molar-refractivity contribution in [2.45, 2.75) is 18.4 Å². The molecule has 170 valence electrons. The molecule has 0 saturated heterocycles. The van der Waals surface area contributed by atoms with E-state index < -0.39 is 10.0 Å². The molecule has 0 bridgehead atoms. The molecule has 0 saturated carbocycles. The fourth-order valence-corrected chi connectivity index (χ4v) is 5.21. The van der Waals surface area contributed by atoms with Crippen LogP contribution in [0.25, 0.3) is 5.65 Å². The van der Waals surface area contributed by atoms with Crippen molar-refractivity contribution in [3.05, 3.63) is 78.2 Å². The van der Waals surface area contributed by atoms with Crippen LogP contribution in [0.3, 0.4) is 0 Å². The maximum absolute atomic E-state index is 13.8. The van der Waals surface area contributed by atoms with Gasteiger partial charge >= 0.3 is 0 Å². The van der Waals surface area contributed by atoms with Crippen molar-refractivity contribution >= 4 is 21.4 Å². The number of nitrogens with zero attached hydrogens (tertiary/aromatic N) is 3. The molecule has 8 nitrogen and oxygen atoms in total. The predicted molar refractivity (Wildman–Crippen MR) is 124 cm³/mol. The summed E-state index contributed by atoms with van der Waals surface area (Å²) in [6.45, 7) is 2.86. The molecular weight excluding hydrogens is 442 g/mol. The van der Waals surface area contributed by atoms with Crippen LogP contribution in [-0.4, -0.2) is 38.1 Å². The Hall–Kier alpha value is -3.72. The van der Waals surface area contributed by atoms with Crippen molar-refractivity contribution in [2.75, 3.05) is 24.6 Å². The summed E-state index contributed by atoms with van der Waals surface area (Å²) < 4.78 is 47.2. The third-order valence-electron chi connectivity index (χ3n) is 5.42. The topological polar surface area (TPSA) is 82.4 Å². The maximum Gasteiger partial charge on any atom is 0.264 e. The number of hydrogen-bond acceptors (Lipinski definition) is 6. The van der Waals surface area contributed by atoms with Gasteiger partial charge < -0.3 is 18.6 Å². The highest BCUT2D eigenvalue weighted by Crippen LogP contribution is 2.35. The normalized spacial score (nSPS) is 13.2. The number of hydrogen-bond donors (Lipinski definition) is 0. The second-order valence-corrected chi connectivity index (χ2v) is 9.58. The van der Waals surface area contributed by atoms with Crippen LogP contribution in [0, 0.1) is 6.92 Å². The summed E-state index contributed by atoms with van der Waals surface area (Å²) in [7, 11) is -2.38. The lowest BCUT2D eigenvalue weighted by Crippen LogP contribution is -2.31. The SMILES string of the molecule is COc1ccc(N(Cc2cn3cc(C)ccc3n2)S(=O)(=O)c2ccc3c(c2)OCCO3)cc1. The van der Waals surface area contributed by atoms with Crippen LogP contribution in [0.15, 0.2) is 71.9 Å². The Morgan fingerprint density at radius 2 is 1.76 bits per heavy atom. The van der Waals surface area contributed by atoms with E-state index in [-0.39, 0.29) is 11.4 Å². The van der Waals surface area contributed by atoms with Gasteiger partial charge in [0.1, 0.15) is 24.6 Å². The summed E-state index contributed by atoms with van der Waals surface area (Å²) in [5.41, 5.74) is 2.96. The Kier molecular flexibility index (Phi) is 5.33. The van der Waals surface area contributed by atoms with E-state index in [0.717, 1.165) is 11.2 Å². The fraction of sp³-hybridized carbons (Fsp3) is 0.208. The molecule has 0 N–H and O–H groups in total. The van der Waals surface area contributed by atoms with E-state index in [0.29, 0.717) is 41.8 Å². The van der Waals surface area contributed by atoms with E-state index in [1.165, 1.54) is 16.4 Å². The first-order valence-corrected chi connectivity index (χ1v) is 11.9. The molecule has 2 aromatic carbocycles. The Morgan fingerprint density at radius 3 is 2.52 bits per heavy atom. The Labute approximate surface area is 192 Å². The van der Waals surface area contributed by atoms with Crippen LogP contribution >= 0.6 is 0 Å². The largest absolute Gasteiger partial charge is 0.497 e. The van der Waals surface area contributed by atoms with E-state index >= 15 is 0 Å². The Bertz CT molecular complexity index is 1410. The number of sulfonamides is 1. The zero-order valence-corrected chi connectivity index (χ0v) is 19.1. The molecule has 1 aliphatic rings. The molecule has 33 heavy (non-hydrogen) atoms. The molecule has 0 amide bonds. The van der Waals surface area contributed by atoms with Crippen molar-refractivity contribution in [3.63, 3.8) is 0 Å². The number of imidazole rings is 1. The van der Waals surface area contributed by atoms with Crippen LogP contribution in [-0.2, 0) is 16.6 Å². The fourth-order valence-electron chi connectivity index (χ4n) is 3.75. The summed E-state index contributed by atoms with van der Waals surface area (Å²) in [6.07, 6.45) is 3.80. The van der Waals surface area contributed by atoms with Gasteiger partial charge in [0, 0.05) is 18.5 Å². The molecule has 2 aromatic heterocycles. The van der Waals surface area contributed by atoms with Gasteiger partial charge in [-0.1, -0.05) is 6.07 Å². The third-order valence-corrected chi connectivity index (χ3v) is 7.19. The monoisotopic (exact) mass is 465 g/mol. The van der Waals surface area contributed by atoms with Crippen molar-refractivity contribution < 1.29 is 22.6 Å². The van der Waals surface area contributed by atoms with E-state index in [4.69, 9.17) is 14.2 Å². The Morgan fingerprint density at radius 1 is 1.00 bits per heavy atom. The van der Waals surface area contributed by atoms with Gasteiger partial charge in [-0.05, 0) is 55.0 Å². The number of benzene rings is 2. The molecule has 4 aromatic rings. The highest BCUT2D eigenvalue weighted by atomic mass is 32.2. The summed E-state index contributed by atoms with van der Waals surface area (Å²) in [4.78, 5) is 4.73. The van der Waals surface area contributed by atoms with Crippen molar-refractivity contribution in [3.8, 4) is 17.2 Å². The predicted octanol–water partition coefficient (Wildman–Crippen LogP) is 3.82. The summed E-state index contributed by atoms with van der Waals surface area (Å²) in [5.74, 6) is 1.59. The zero-order valence-electron chi connectivity index (χ0n) is 18.3. The number of aromatic nitrogens is 2. The molecule has 9 heteroatoms. The van der Waals surface area contributed by atoms with Crippen molar-refractivity contribution in [2.24, 2.45) is 0 Å². The molecule has 0 unspecified atom stereocenters. The molecular formula is C24H23N3O5S. The number of aryl methyl sites for hydroxylation is 1. The van der Waals surface area contributed by atoms with Gasteiger partial charge in [0.05, 0.1) is 29.9 Å². The summed E-state index contributed by atoms with van der Waals surface area (Å²) in [6, 6.07) is 15.4. The summed E-state index contributed by atoms with van der Waals surface area (Å²) >= 11 is 0. The minimum Gasteiger partial charge on any atom is -0.497 e. The van der Waals surface area contributed by atoms with E-state index in [9.17, 15) is 8.42 Å². The minimum absolute atomic E-state index is 0.0594. The van der Waals surface area contributed by atoms with Gasteiger partial charge in [0.15, 0.2) is 11.5 Å². The molecule has 0 fully saturated rings. The van der Waals surface area contributed by atoms with Crippen LogP contribution in [0.2, 0.25) is 0 Å². The molecule has 0 radical (unpaired) electrons. The molecule has 0 atom stereocenters. The number of anilines is 1. The van der Waals surface area contributed by atoms with Crippen molar-refractivity contribution in [1.29, 1.82) is 0 Å². The number of methoxy groups -OCH3 is 1. The van der Waals surface area contributed by atoms with Gasteiger partial charge in [0.25, 0.3) is 10.0 Å². The quantitative estimate of drug-likeness (QED) is 0.431. The molecule has 1 aliphatic heterocycles. The van der Waals surface area contributed by atoms with E-state index in [2.05, 4.69) is 4.98 Å². The standard InChI is InChI=1S/C24H23N3O5S/c1-17-3-10-24-25-18(15-26(24)14-17)16-27(19-4-6-20(30-2)7-5-19)33(28,29)21-8-9-22-23(13-21)32-12-11-31-22/h3-10,13-15H,11-12,16H2,1-2H3. The first-order chi connectivity index (χ1) is 15.9. The number of fused-ring (bicyclic) bond motifs is 2. The lowest BCUT2D eigenvalue weighted by molar-refractivity contribution is 0.171. The van der Waals surface area contributed by atoms with Crippen LogP contribution in [0.4, 0.5) is 5.69 Å². The zero-order chi connectivity index (χ0) is 23.0. The van der Waals surface area contributed by atoms with Gasteiger partial charge in [-0.25, -0.2) is 13.4 Å². The maximum atomic E-state index is 13.8. The van der Waals surface area contributed by atoms with E-state index in [1.54, 1.807) is 37.4 Å².